The number of hydrogen-bond acceptors (Lipinski definition) is 3. The number of nitrogens with zero attached hydrogens (tertiary/aromatic N) is 1. The molecule has 1 aromatic rings. The molecule has 2 fully saturated rings. The Labute approximate surface area is 133 Å². The standard InChI is InChI=1S/C16H19N3O4/c20-14-7-12-5-6-13(9-17-14)19(12)16(23)18-8-10-1-3-11(4-2-10)15(21)22/h1-4,12-13H,5-9H2,(H,17,20)(H,18,23)(H,21,22). The van der Waals surface area contributed by atoms with Crippen molar-refractivity contribution in [3.05, 3.63) is 35.4 Å². The third-order valence-corrected chi connectivity index (χ3v) is 4.45. The number of benzene rings is 1. The van der Waals surface area contributed by atoms with Gasteiger partial charge in [-0.3, -0.25) is 4.79 Å². The summed E-state index contributed by atoms with van der Waals surface area (Å²) in [5, 5.41) is 14.6. The van der Waals surface area contributed by atoms with Gasteiger partial charge in [0.2, 0.25) is 5.91 Å². The molecule has 0 saturated carbocycles. The number of carbonyl (C=O) groups excluding carboxylic acids is 2. The molecule has 122 valence electrons. The third kappa shape index (κ3) is 3.28. The number of aromatic carboxylic acids is 1. The number of carbonyl (C=O) groups is 3. The number of fused-ring (bicyclic) bond motifs is 2. The van der Waals surface area contributed by atoms with E-state index < -0.39 is 5.97 Å². The topological polar surface area (TPSA) is 98.7 Å². The lowest BCUT2D eigenvalue weighted by molar-refractivity contribution is -0.121. The second kappa shape index (κ2) is 6.28. The average Bonchev–Trinajstić information content (AvgIpc) is 2.84. The van der Waals surface area contributed by atoms with E-state index in [-0.39, 0.29) is 29.6 Å². The fraction of sp³-hybridized carbons (Fsp3) is 0.438. The van der Waals surface area contributed by atoms with E-state index in [9.17, 15) is 14.4 Å². The number of hydrogen-bond donors (Lipinski definition) is 3. The first-order valence-corrected chi connectivity index (χ1v) is 7.69. The van der Waals surface area contributed by atoms with Gasteiger partial charge >= 0.3 is 12.0 Å². The summed E-state index contributed by atoms with van der Waals surface area (Å²) in [6.45, 7) is 0.839. The van der Waals surface area contributed by atoms with Crippen LogP contribution in [0.2, 0.25) is 0 Å². The van der Waals surface area contributed by atoms with Gasteiger partial charge in [-0.25, -0.2) is 9.59 Å². The van der Waals surface area contributed by atoms with Gasteiger partial charge in [0.25, 0.3) is 0 Å². The third-order valence-electron chi connectivity index (χ3n) is 4.45. The molecule has 2 atom stereocenters. The van der Waals surface area contributed by atoms with Gasteiger partial charge in [-0.05, 0) is 30.5 Å². The first-order valence-electron chi connectivity index (χ1n) is 7.69. The minimum atomic E-state index is -0.973. The highest BCUT2D eigenvalue weighted by atomic mass is 16.4. The zero-order chi connectivity index (χ0) is 16.4. The van der Waals surface area contributed by atoms with Crippen molar-refractivity contribution in [2.75, 3.05) is 6.54 Å². The van der Waals surface area contributed by atoms with Crippen molar-refractivity contribution in [1.82, 2.24) is 15.5 Å². The molecule has 2 aliphatic heterocycles. The van der Waals surface area contributed by atoms with Crippen LogP contribution in [0, 0.1) is 0 Å². The van der Waals surface area contributed by atoms with Crippen molar-refractivity contribution in [1.29, 1.82) is 0 Å². The van der Waals surface area contributed by atoms with E-state index >= 15 is 0 Å². The lowest BCUT2D eigenvalue weighted by atomic mass is 10.1. The number of nitrogens with one attached hydrogen (secondary N) is 2. The van der Waals surface area contributed by atoms with Crippen LogP contribution < -0.4 is 10.6 Å². The van der Waals surface area contributed by atoms with E-state index in [0.29, 0.717) is 19.5 Å². The Balaban J connectivity index is 1.61. The molecule has 3 rings (SSSR count). The summed E-state index contributed by atoms with van der Waals surface area (Å²) in [6, 6.07) is 6.26. The van der Waals surface area contributed by atoms with Crippen molar-refractivity contribution in [3.63, 3.8) is 0 Å². The van der Waals surface area contributed by atoms with E-state index in [1.807, 2.05) is 0 Å². The summed E-state index contributed by atoms with van der Waals surface area (Å²) in [5.41, 5.74) is 1.05. The monoisotopic (exact) mass is 317 g/mol. The molecule has 0 spiro atoms. The number of urea groups is 1. The number of carboxylic acids is 1. The molecule has 3 amide bonds. The van der Waals surface area contributed by atoms with Gasteiger partial charge in [0.05, 0.1) is 11.6 Å². The zero-order valence-corrected chi connectivity index (χ0v) is 12.6. The van der Waals surface area contributed by atoms with Crippen LogP contribution in [-0.4, -0.2) is 46.5 Å². The van der Waals surface area contributed by atoms with E-state index in [1.165, 1.54) is 12.1 Å². The predicted molar refractivity (Wildman–Crippen MR) is 81.9 cm³/mol. The van der Waals surface area contributed by atoms with Gasteiger partial charge in [0, 0.05) is 25.6 Å². The molecule has 23 heavy (non-hydrogen) atoms. The molecule has 7 nitrogen and oxygen atoms in total. The van der Waals surface area contributed by atoms with Gasteiger partial charge < -0.3 is 20.6 Å². The molecular formula is C16H19N3O4. The second-order valence-corrected chi connectivity index (χ2v) is 5.96. The molecule has 0 aliphatic carbocycles. The zero-order valence-electron chi connectivity index (χ0n) is 12.6. The summed E-state index contributed by atoms with van der Waals surface area (Å²) < 4.78 is 0. The lowest BCUT2D eigenvalue weighted by Gasteiger charge is -2.27. The van der Waals surface area contributed by atoms with Crippen LogP contribution in [0.4, 0.5) is 4.79 Å². The van der Waals surface area contributed by atoms with Crippen molar-refractivity contribution in [3.8, 4) is 0 Å². The fourth-order valence-electron chi connectivity index (χ4n) is 3.25. The van der Waals surface area contributed by atoms with E-state index in [2.05, 4.69) is 10.6 Å². The van der Waals surface area contributed by atoms with Gasteiger partial charge in [-0.1, -0.05) is 12.1 Å². The molecule has 2 unspecified atom stereocenters. The van der Waals surface area contributed by atoms with Crippen LogP contribution in [0.5, 0.6) is 0 Å². The minimum absolute atomic E-state index is 0.000686. The molecule has 2 saturated heterocycles. The second-order valence-electron chi connectivity index (χ2n) is 5.96. The first-order chi connectivity index (χ1) is 11.0. The van der Waals surface area contributed by atoms with Gasteiger partial charge in [0.15, 0.2) is 0 Å². The fourth-order valence-corrected chi connectivity index (χ4v) is 3.25. The normalized spacial score (nSPS) is 23.1. The lowest BCUT2D eigenvalue weighted by Crippen LogP contribution is -2.47. The highest BCUT2D eigenvalue weighted by molar-refractivity contribution is 5.87. The molecule has 1 aromatic carbocycles. The summed E-state index contributed by atoms with van der Waals surface area (Å²) in [5.74, 6) is -0.974. The minimum Gasteiger partial charge on any atom is -0.478 e. The summed E-state index contributed by atoms with van der Waals surface area (Å²) in [7, 11) is 0. The molecule has 0 aromatic heterocycles. The number of rotatable bonds is 3. The Bertz CT molecular complexity index is 629. The summed E-state index contributed by atoms with van der Waals surface area (Å²) in [4.78, 5) is 36.6. The van der Waals surface area contributed by atoms with Crippen LogP contribution in [-0.2, 0) is 11.3 Å². The highest BCUT2D eigenvalue weighted by Crippen LogP contribution is 2.28. The van der Waals surface area contributed by atoms with E-state index in [4.69, 9.17) is 5.11 Å². The predicted octanol–water partition coefficient (Wildman–Crippen LogP) is 0.947. The Hall–Kier alpha value is -2.57. The Morgan fingerprint density at radius 2 is 1.91 bits per heavy atom. The van der Waals surface area contributed by atoms with Gasteiger partial charge in [-0.2, -0.15) is 0 Å². The SMILES string of the molecule is O=C1CC2CCC(CN1)N2C(=O)NCc1ccc(C(=O)O)cc1. The first kappa shape index (κ1) is 15.3. The summed E-state index contributed by atoms with van der Waals surface area (Å²) in [6.07, 6.45) is 2.13. The van der Waals surface area contributed by atoms with E-state index in [1.54, 1.807) is 17.0 Å². The number of amides is 3. The maximum Gasteiger partial charge on any atom is 0.335 e. The van der Waals surface area contributed by atoms with Gasteiger partial charge in [0.1, 0.15) is 0 Å². The molecule has 0 radical (unpaired) electrons. The number of carboxylic acid groups (broad SMARTS) is 1. The molecule has 2 aliphatic rings. The quantitative estimate of drug-likeness (QED) is 0.773. The highest BCUT2D eigenvalue weighted by Gasteiger charge is 2.40. The molecular weight excluding hydrogens is 298 g/mol. The summed E-state index contributed by atoms with van der Waals surface area (Å²) >= 11 is 0. The van der Waals surface area contributed by atoms with Crippen molar-refractivity contribution in [2.45, 2.75) is 37.9 Å². The van der Waals surface area contributed by atoms with Gasteiger partial charge in [-0.15, -0.1) is 0 Å². The molecule has 2 heterocycles. The van der Waals surface area contributed by atoms with Crippen molar-refractivity contribution < 1.29 is 19.5 Å². The van der Waals surface area contributed by atoms with Crippen LogP contribution in [0.3, 0.4) is 0 Å². The van der Waals surface area contributed by atoms with Crippen molar-refractivity contribution >= 4 is 17.9 Å². The Kier molecular flexibility index (Phi) is 4.18. The van der Waals surface area contributed by atoms with Crippen molar-refractivity contribution in [2.24, 2.45) is 0 Å². The maximum atomic E-state index is 12.4. The Morgan fingerprint density at radius 1 is 1.22 bits per heavy atom. The van der Waals surface area contributed by atoms with Crippen LogP contribution >= 0.6 is 0 Å². The maximum absolute atomic E-state index is 12.4. The van der Waals surface area contributed by atoms with Crippen LogP contribution in [0.15, 0.2) is 24.3 Å². The molecule has 7 heteroatoms. The largest absolute Gasteiger partial charge is 0.478 e. The van der Waals surface area contributed by atoms with Crippen LogP contribution in [0.1, 0.15) is 35.2 Å². The smallest absolute Gasteiger partial charge is 0.335 e. The average molecular weight is 317 g/mol. The molecule has 3 N–H and O–H groups in total. The molecule has 2 bridgehead atoms. The van der Waals surface area contributed by atoms with Crippen LogP contribution in [0.25, 0.3) is 0 Å². The van der Waals surface area contributed by atoms with E-state index in [0.717, 1.165) is 18.4 Å². The Morgan fingerprint density at radius 3 is 2.61 bits per heavy atom.